The Kier molecular flexibility index (Phi) is 8.05. The average Bonchev–Trinajstić information content (AvgIpc) is 2.55. The van der Waals surface area contributed by atoms with Crippen LogP contribution in [-0.4, -0.2) is 50.0 Å². The SMILES string of the molecule is CCN(CC)S(=O)(=O)c1ccc(C)c(C(=O)NC[C@H](CO)C(C)C)c1. The van der Waals surface area contributed by atoms with Crippen LogP contribution in [0.4, 0.5) is 0 Å². The molecule has 1 aromatic rings. The number of nitrogens with zero attached hydrogens (tertiary/aromatic N) is 1. The minimum atomic E-state index is -3.61. The predicted octanol–water partition coefficient (Wildman–Crippen LogP) is 2.02. The van der Waals surface area contributed by atoms with Gasteiger partial charge in [-0.05, 0) is 30.5 Å². The molecule has 0 aliphatic rings. The van der Waals surface area contributed by atoms with Crippen molar-refractivity contribution in [3.05, 3.63) is 29.3 Å². The summed E-state index contributed by atoms with van der Waals surface area (Å²) in [6.45, 7) is 10.4. The number of carbonyl (C=O) groups is 1. The highest BCUT2D eigenvalue weighted by Crippen LogP contribution is 2.20. The molecule has 0 aliphatic heterocycles. The van der Waals surface area contributed by atoms with E-state index in [-0.39, 0.29) is 29.2 Å². The zero-order valence-corrected chi connectivity index (χ0v) is 16.6. The van der Waals surface area contributed by atoms with Crippen LogP contribution in [0, 0.1) is 18.8 Å². The summed E-state index contributed by atoms with van der Waals surface area (Å²) in [4.78, 5) is 12.6. The van der Waals surface area contributed by atoms with E-state index in [1.54, 1.807) is 26.8 Å². The van der Waals surface area contributed by atoms with Crippen LogP contribution in [0.3, 0.4) is 0 Å². The number of hydrogen-bond acceptors (Lipinski definition) is 4. The summed E-state index contributed by atoms with van der Waals surface area (Å²) in [5, 5.41) is 12.2. The van der Waals surface area contributed by atoms with Crippen molar-refractivity contribution in [2.45, 2.75) is 39.5 Å². The summed E-state index contributed by atoms with van der Waals surface area (Å²) in [7, 11) is -3.61. The summed E-state index contributed by atoms with van der Waals surface area (Å²) in [5.41, 5.74) is 1.05. The van der Waals surface area contributed by atoms with Crippen LogP contribution >= 0.6 is 0 Å². The molecule has 0 bridgehead atoms. The van der Waals surface area contributed by atoms with Gasteiger partial charge in [-0.25, -0.2) is 8.42 Å². The average molecular weight is 371 g/mol. The van der Waals surface area contributed by atoms with E-state index < -0.39 is 10.0 Å². The molecule has 6 nitrogen and oxygen atoms in total. The molecule has 1 rings (SSSR count). The highest BCUT2D eigenvalue weighted by molar-refractivity contribution is 7.89. The van der Waals surface area contributed by atoms with E-state index in [2.05, 4.69) is 5.32 Å². The maximum atomic E-state index is 12.6. The second-order valence-electron chi connectivity index (χ2n) is 6.46. The maximum absolute atomic E-state index is 12.6. The zero-order valence-electron chi connectivity index (χ0n) is 15.7. The molecule has 0 radical (unpaired) electrons. The third-order valence-electron chi connectivity index (χ3n) is 4.50. The normalized spacial score (nSPS) is 13.3. The van der Waals surface area contributed by atoms with Crippen molar-refractivity contribution >= 4 is 15.9 Å². The predicted molar refractivity (Wildman–Crippen MR) is 99.0 cm³/mol. The van der Waals surface area contributed by atoms with Gasteiger partial charge >= 0.3 is 0 Å². The number of aryl methyl sites for hydroxylation is 1. The Hall–Kier alpha value is -1.44. The summed E-state index contributed by atoms with van der Waals surface area (Å²) < 4.78 is 26.6. The Morgan fingerprint density at radius 3 is 2.32 bits per heavy atom. The van der Waals surface area contributed by atoms with Gasteiger partial charge in [-0.3, -0.25) is 4.79 Å². The van der Waals surface area contributed by atoms with E-state index in [0.29, 0.717) is 30.8 Å². The number of sulfonamides is 1. The first kappa shape index (κ1) is 21.6. The van der Waals surface area contributed by atoms with Crippen LogP contribution in [0.1, 0.15) is 43.6 Å². The van der Waals surface area contributed by atoms with Crippen molar-refractivity contribution in [3.63, 3.8) is 0 Å². The Morgan fingerprint density at radius 1 is 1.24 bits per heavy atom. The highest BCUT2D eigenvalue weighted by atomic mass is 32.2. The fourth-order valence-electron chi connectivity index (χ4n) is 2.55. The standard InChI is InChI=1S/C18H30N2O4S/c1-6-20(7-2)25(23,24)16-9-8-14(5)17(10-16)18(22)19-11-15(12-21)13(3)4/h8-10,13,15,21H,6-7,11-12H2,1-5H3,(H,19,22)/t15-/m1/s1. The quantitative estimate of drug-likeness (QED) is 0.696. The van der Waals surface area contributed by atoms with Gasteiger partial charge in [-0.15, -0.1) is 0 Å². The molecular weight excluding hydrogens is 340 g/mol. The number of aliphatic hydroxyl groups is 1. The van der Waals surface area contributed by atoms with Gasteiger partial charge in [0.15, 0.2) is 0 Å². The van der Waals surface area contributed by atoms with Crippen LogP contribution in [0.5, 0.6) is 0 Å². The molecule has 0 heterocycles. The topological polar surface area (TPSA) is 86.7 Å². The Balaban J connectivity index is 3.07. The molecule has 2 N–H and O–H groups in total. The first-order valence-electron chi connectivity index (χ1n) is 8.68. The van der Waals surface area contributed by atoms with Crippen molar-refractivity contribution < 1.29 is 18.3 Å². The van der Waals surface area contributed by atoms with Gasteiger partial charge in [0.05, 0.1) is 4.90 Å². The van der Waals surface area contributed by atoms with Crippen molar-refractivity contribution in [1.82, 2.24) is 9.62 Å². The molecule has 0 unspecified atom stereocenters. The Bertz CT molecular complexity index is 682. The summed E-state index contributed by atoms with van der Waals surface area (Å²) in [5.74, 6) is -0.124. The molecule has 1 atom stereocenters. The second kappa shape index (κ2) is 9.31. The van der Waals surface area contributed by atoms with Crippen molar-refractivity contribution in [2.75, 3.05) is 26.2 Å². The Labute approximate surface area is 151 Å². The van der Waals surface area contributed by atoms with Crippen molar-refractivity contribution in [3.8, 4) is 0 Å². The minimum Gasteiger partial charge on any atom is -0.396 e. The molecule has 0 spiro atoms. The zero-order chi connectivity index (χ0) is 19.2. The van der Waals surface area contributed by atoms with Gasteiger partial charge in [0.1, 0.15) is 0 Å². The second-order valence-corrected chi connectivity index (χ2v) is 8.40. The third-order valence-corrected chi connectivity index (χ3v) is 6.54. The molecule has 25 heavy (non-hydrogen) atoms. The molecule has 1 amide bonds. The molecule has 0 saturated carbocycles. The summed E-state index contributed by atoms with van der Waals surface area (Å²) in [6, 6.07) is 4.61. The van der Waals surface area contributed by atoms with E-state index in [4.69, 9.17) is 0 Å². The molecule has 0 aliphatic carbocycles. The van der Waals surface area contributed by atoms with Crippen molar-refractivity contribution in [1.29, 1.82) is 0 Å². The van der Waals surface area contributed by atoms with Gasteiger partial charge < -0.3 is 10.4 Å². The van der Waals surface area contributed by atoms with Crippen LogP contribution in [0.15, 0.2) is 23.1 Å². The largest absolute Gasteiger partial charge is 0.396 e. The van der Waals surface area contributed by atoms with Crippen LogP contribution in [0.25, 0.3) is 0 Å². The van der Waals surface area contributed by atoms with Crippen LogP contribution < -0.4 is 5.32 Å². The molecular formula is C18H30N2O4S. The fraction of sp³-hybridized carbons (Fsp3) is 0.611. The molecule has 0 aromatic heterocycles. The van der Waals surface area contributed by atoms with E-state index in [0.717, 1.165) is 0 Å². The van der Waals surface area contributed by atoms with E-state index in [9.17, 15) is 18.3 Å². The third kappa shape index (κ3) is 5.26. The van der Waals surface area contributed by atoms with Crippen molar-refractivity contribution in [2.24, 2.45) is 11.8 Å². The molecule has 0 saturated heterocycles. The number of carbonyl (C=O) groups excluding carboxylic acids is 1. The fourth-order valence-corrected chi connectivity index (χ4v) is 4.03. The monoisotopic (exact) mass is 370 g/mol. The van der Waals surface area contributed by atoms with E-state index >= 15 is 0 Å². The van der Waals surface area contributed by atoms with Gasteiger partial charge in [-0.1, -0.05) is 33.8 Å². The van der Waals surface area contributed by atoms with E-state index in [1.807, 2.05) is 13.8 Å². The highest BCUT2D eigenvalue weighted by Gasteiger charge is 2.23. The summed E-state index contributed by atoms with van der Waals surface area (Å²) >= 11 is 0. The number of aliphatic hydroxyl groups excluding tert-OH is 1. The lowest BCUT2D eigenvalue weighted by atomic mass is 9.96. The molecule has 1 aromatic carbocycles. The number of hydrogen-bond donors (Lipinski definition) is 2. The lowest BCUT2D eigenvalue weighted by molar-refractivity contribution is 0.0930. The lowest BCUT2D eigenvalue weighted by Crippen LogP contribution is -2.34. The number of rotatable bonds is 9. The van der Waals surface area contributed by atoms with E-state index in [1.165, 1.54) is 16.4 Å². The number of benzene rings is 1. The molecule has 7 heteroatoms. The first-order valence-corrected chi connectivity index (χ1v) is 10.1. The molecule has 142 valence electrons. The van der Waals surface area contributed by atoms with Gasteiger partial charge in [0.25, 0.3) is 5.91 Å². The first-order chi connectivity index (χ1) is 11.7. The van der Waals surface area contributed by atoms with Gasteiger partial charge in [0, 0.05) is 37.7 Å². The summed E-state index contributed by atoms with van der Waals surface area (Å²) in [6.07, 6.45) is 0. The number of nitrogens with one attached hydrogen (secondary N) is 1. The molecule has 0 fully saturated rings. The van der Waals surface area contributed by atoms with Crippen LogP contribution in [0.2, 0.25) is 0 Å². The maximum Gasteiger partial charge on any atom is 0.251 e. The van der Waals surface area contributed by atoms with Gasteiger partial charge in [-0.2, -0.15) is 4.31 Å². The number of amides is 1. The lowest BCUT2D eigenvalue weighted by Gasteiger charge is -2.20. The Morgan fingerprint density at radius 2 is 1.84 bits per heavy atom. The minimum absolute atomic E-state index is 0.00664. The van der Waals surface area contributed by atoms with Gasteiger partial charge in [0.2, 0.25) is 10.0 Å². The smallest absolute Gasteiger partial charge is 0.251 e. The van der Waals surface area contributed by atoms with Crippen LogP contribution in [-0.2, 0) is 10.0 Å².